The molecule has 1 N–H and O–H groups in total. The molecule has 0 saturated carbocycles. The summed E-state index contributed by atoms with van der Waals surface area (Å²) in [5, 5.41) is 2.87. The monoisotopic (exact) mass is 388 g/mol. The van der Waals surface area contributed by atoms with Gasteiger partial charge in [-0.15, -0.1) is 0 Å². The molecule has 2 aromatic rings. The van der Waals surface area contributed by atoms with Gasteiger partial charge in [-0.25, -0.2) is 0 Å². The lowest BCUT2D eigenvalue weighted by molar-refractivity contribution is -0.118. The number of para-hydroxylation sites is 1. The number of piperazine rings is 1. The van der Waals surface area contributed by atoms with E-state index in [-0.39, 0.29) is 5.91 Å². The summed E-state index contributed by atoms with van der Waals surface area (Å²) >= 11 is 3.42. The van der Waals surface area contributed by atoms with Crippen molar-refractivity contribution in [1.29, 1.82) is 0 Å². The molecule has 2 heterocycles. The fourth-order valence-electron chi connectivity index (χ4n) is 2.57. The van der Waals surface area contributed by atoms with Gasteiger partial charge in [0.1, 0.15) is 0 Å². The number of benzene rings is 1. The van der Waals surface area contributed by atoms with Crippen LogP contribution in [0.1, 0.15) is 10.4 Å². The normalized spacial score (nSPS) is 14.4. The maximum absolute atomic E-state index is 12.5. The second-order valence-corrected chi connectivity index (χ2v) is 6.35. The molecule has 1 aromatic heterocycles. The third-order valence-electron chi connectivity index (χ3n) is 3.94. The third kappa shape index (κ3) is 3.73. The zero-order valence-electron chi connectivity index (χ0n) is 13.0. The number of aromatic nitrogens is 1. The number of carbonyl (C=O) groups excluding carboxylic acids is 2. The molecule has 0 aliphatic carbocycles. The largest absolute Gasteiger partial charge is 0.367 e. The Bertz CT molecular complexity index is 745. The average molecular weight is 389 g/mol. The number of anilines is 2. The number of pyridine rings is 1. The van der Waals surface area contributed by atoms with Crippen molar-refractivity contribution in [2.24, 2.45) is 0 Å². The van der Waals surface area contributed by atoms with Crippen molar-refractivity contribution in [3.05, 3.63) is 52.8 Å². The summed E-state index contributed by atoms with van der Waals surface area (Å²) in [7, 11) is 0. The van der Waals surface area contributed by atoms with Gasteiger partial charge in [-0.1, -0.05) is 12.1 Å². The first-order valence-electron chi connectivity index (χ1n) is 7.62. The summed E-state index contributed by atoms with van der Waals surface area (Å²) in [6.07, 6.45) is 4.17. The second-order valence-electron chi connectivity index (χ2n) is 5.49. The highest BCUT2D eigenvalue weighted by atomic mass is 79.9. The highest BCUT2D eigenvalue weighted by Crippen LogP contribution is 2.23. The first-order valence-corrected chi connectivity index (χ1v) is 8.42. The van der Waals surface area contributed by atoms with Gasteiger partial charge < -0.3 is 15.1 Å². The summed E-state index contributed by atoms with van der Waals surface area (Å²) in [4.78, 5) is 31.3. The van der Waals surface area contributed by atoms with Crippen molar-refractivity contribution in [3.63, 3.8) is 0 Å². The van der Waals surface area contributed by atoms with Crippen molar-refractivity contribution < 1.29 is 9.59 Å². The molecule has 0 bridgehead atoms. The minimum Gasteiger partial charge on any atom is -0.367 e. The molecule has 1 aliphatic rings. The van der Waals surface area contributed by atoms with E-state index in [9.17, 15) is 9.59 Å². The van der Waals surface area contributed by atoms with Crippen molar-refractivity contribution in [3.8, 4) is 0 Å². The van der Waals surface area contributed by atoms with E-state index in [0.717, 1.165) is 29.7 Å². The van der Waals surface area contributed by atoms with Gasteiger partial charge in [-0.3, -0.25) is 14.6 Å². The molecule has 1 aliphatic heterocycles. The van der Waals surface area contributed by atoms with Gasteiger partial charge in [0.2, 0.25) is 6.41 Å². The first-order chi connectivity index (χ1) is 11.7. The van der Waals surface area contributed by atoms with Crippen LogP contribution in [0.15, 0.2) is 47.2 Å². The maximum atomic E-state index is 12.5. The van der Waals surface area contributed by atoms with Crippen LogP contribution in [0.4, 0.5) is 11.4 Å². The Balaban J connectivity index is 1.72. The van der Waals surface area contributed by atoms with Crippen LogP contribution < -0.4 is 10.2 Å². The lowest BCUT2D eigenvalue weighted by atomic mass is 10.2. The molecule has 6 nitrogen and oxygen atoms in total. The Kier molecular flexibility index (Phi) is 5.10. The molecule has 2 amide bonds. The van der Waals surface area contributed by atoms with Crippen LogP contribution in [-0.4, -0.2) is 48.4 Å². The molecule has 0 spiro atoms. The van der Waals surface area contributed by atoms with Crippen LogP contribution in [0.3, 0.4) is 0 Å². The van der Waals surface area contributed by atoms with Crippen LogP contribution in [0, 0.1) is 0 Å². The number of hydrogen-bond donors (Lipinski definition) is 1. The smallest absolute Gasteiger partial charge is 0.257 e. The Labute approximate surface area is 148 Å². The van der Waals surface area contributed by atoms with Gasteiger partial charge in [0.05, 0.1) is 23.1 Å². The molecule has 0 atom stereocenters. The fraction of sp³-hybridized carbons (Fsp3) is 0.235. The third-order valence-corrected chi connectivity index (χ3v) is 4.63. The molecule has 7 heteroatoms. The Morgan fingerprint density at radius 3 is 2.62 bits per heavy atom. The number of nitrogens with one attached hydrogen (secondary N) is 1. The number of halogens is 1. The lowest BCUT2D eigenvalue weighted by Crippen LogP contribution is -2.45. The van der Waals surface area contributed by atoms with Gasteiger partial charge >= 0.3 is 0 Å². The highest BCUT2D eigenvalue weighted by Gasteiger charge is 2.17. The summed E-state index contributed by atoms with van der Waals surface area (Å²) in [6, 6.07) is 9.28. The van der Waals surface area contributed by atoms with Crippen LogP contribution in [-0.2, 0) is 4.79 Å². The van der Waals surface area contributed by atoms with Gasteiger partial charge in [-0.2, -0.15) is 0 Å². The lowest BCUT2D eigenvalue weighted by Gasteiger charge is -2.34. The molecular weight excluding hydrogens is 372 g/mol. The molecule has 24 heavy (non-hydrogen) atoms. The standard InChI is InChI=1S/C17H17BrN4O2/c18-15-3-1-2-4-16(15)20-17(24)13-9-14(11-19-10-13)22-7-5-21(12-23)6-8-22/h1-4,9-12H,5-8H2,(H,20,24). The molecule has 1 saturated heterocycles. The summed E-state index contributed by atoms with van der Waals surface area (Å²) < 4.78 is 0.826. The summed E-state index contributed by atoms with van der Waals surface area (Å²) in [5.74, 6) is -0.206. The van der Waals surface area contributed by atoms with E-state index in [1.54, 1.807) is 17.3 Å². The maximum Gasteiger partial charge on any atom is 0.257 e. The topological polar surface area (TPSA) is 65.5 Å². The van der Waals surface area contributed by atoms with Crippen molar-refractivity contribution in [1.82, 2.24) is 9.88 Å². The predicted molar refractivity (Wildman–Crippen MR) is 96.2 cm³/mol. The van der Waals surface area contributed by atoms with Gasteiger partial charge in [0.25, 0.3) is 5.91 Å². The van der Waals surface area contributed by atoms with Crippen LogP contribution in [0.25, 0.3) is 0 Å². The number of hydrogen-bond acceptors (Lipinski definition) is 4. The van der Waals surface area contributed by atoms with E-state index in [4.69, 9.17) is 0 Å². The van der Waals surface area contributed by atoms with E-state index in [1.165, 1.54) is 0 Å². The minimum absolute atomic E-state index is 0.206. The van der Waals surface area contributed by atoms with E-state index >= 15 is 0 Å². The van der Waals surface area contributed by atoms with Crippen LogP contribution >= 0.6 is 15.9 Å². The molecular formula is C17H17BrN4O2. The molecule has 0 radical (unpaired) electrons. The van der Waals surface area contributed by atoms with E-state index in [0.29, 0.717) is 24.3 Å². The molecule has 0 unspecified atom stereocenters. The van der Waals surface area contributed by atoms with E-state index in [2.05, 4.69) is 31.1 Å². The minimum atomic E-state index is -0.206. The predicted octanol–water partition coefficient (Wildman–Crippen LogP) is 2.37. The number of rotatable bonds is 4. The summed E-state index contributed by atoms with van der Waals surface area (Å²) in [5.41, 5.74) is 2.11. The molecule has 1 fully saturated rings. The van der Waals surface area contributed by atoms with Crippen molar-refractivity contribution in [2.75, 3.05) is 36.4 Å². The zero-order valence-corrected chi connectivity index (χ0v) is 14.6. The van der Waals surface area contributed by atoms with E-state index in [1.807, 2.05) is 30.3 Å². The SMILES string of the molecule is O=CN1CCN(c2cncc(C(=O)Nc3ccccc3Br)c2)CC1. The number of nitrogens with zero attached hydrogens (tertiary/aromatic N) is 3. The van der Waals surface area contributed by atoms with Crippen LogP contribution in [0.2, 0.25) is 0 Å². The van der Waals surface area contributed by atoms with Gasteiger partial charge in [-0.05, 0) is 34.1 Å². The van der Waals surface area contributed by atoms with Crippen molar-refractivity contribution >= 4 is 39.6 Å². The Morgan fingerprint density at radius 1 is 1.17 bits per heavy atom. The Morgan fingerprint density at radius 2 is 1.92 bits per heavy atom. The molecule has 124 valence electrons. The highest BCUT2D eigenvalue weighted by molar-refractivity contribution is 9.10. The fourth-order valence-corrected chi connectivity index (χ4v) is 2.95. The average Bonchev–Trinajstić information content (AvgIpc) is 2.64. The quantitative estimate of drug-likeness (QED) is 0.816. The molecule has 3 rings (SSSR count). The first kappa shape index (κ1) is 16.4. The van der Waals surface area contributed by atoms with Crippen molar-refractivity contribution in [2.45, 2.75) is 0 Å². The molecule has 1 aromatic carbocycles. The number of amides is 2. The number of carbonyl (C=O) groups is 2. The van der Waals surface area contributed by atoms with E-state index < -0.39 is 0 Å². The Hall–Kier alpha value is -2.41. The van der Waals surface area contributed by atoms with Gasteiger partial charge in [0.15, 0.2) is 0 Å². The zero-order chi connectivity index (χ0) is 16.9. The van der Waals surface area contributed by atoms with Crippen LogP contribution in [0.5, 0.6) is 0 Å². The second kappa shape index (κ2) is 7.44. The van der Waals surface area contributed by atoms with Gasteiger partial charge in [0, 0.05) is 36.8 Å². The summed E-state index contributed by atoms with van der Waals surface area (Å²) in [6.45, 7) is 2.82.